The third-order valence-corrected chi connectivity index (χ3v) is 11.5. The summed E-state index contributed by atoms with van der Waals surface area (Å²) in [6, 6.07) is 0. The van der Waals surface area contributed by atoms with Crippen molar-refractivity contribution in [3.63, 3.8) is 0 Å². The van der Waals surface area contributed by atoms with E-state index in [0.717, 1.165) is 0 Å². The van der Waals surface area contributed by atoms with Gasteiger partial charge in [0, 0.05) is 0 Å². The minimum Gasteiger partial charge on any atom is -0.382 e. The molecule has 3 fully saturated rings. The number of anilines is 2. The van der Waals surface area contributed by atoms with Gasteiger partial charge in [-0.15, -0.1) is 0 Å². The molecule has 0 amide bonds. The molecule has 3 aliphatic heterocycles. The Labute approximate surface area is 250 Å². The monoisotopic (exact) mass is 676 g/mol. The van der Waals surface area contributed by atoms with Gasteiger partial charge in [0.2, 0.25) is 0 Å². The minimum absolute atomic E-state index is 0.0710. The summed E-state index contributed by atoms with van der Waals surface area (Å²) in [5.41, 5.74) is 12.6. The van der Waals surface area contributed by atoms with Crippen molar-refractivity contribution in [2.75, 3.05) is 30.9 Å². The molecular formula is C21H24F2N10O8P2S. The highest BCUT2D eigenvalue weighted by Crippen LogP contribution is 2.62. The maximum atomic E-state index is 15.9. The van der Waals surface area contributed by atoms with Gasteiger partial charge >= 0.3 is 15.1 Å². The molecule has 4 N–H and O–H groups in total. The Bertz CT molecular complexity index is 1790. The Hall–Kier alpha value is -2.87. The van der Waals surface area contributed by atoms with Crippen molar-refractivity contribution in [3.8, 4) is 0 Å². The highest BCUT2D eigenvalue weighted by atomic mass is 32.7. The number of rotatable bonds is 3. The van der Waals surface area contributed by atoms with Crippen molar-refractivity contribution < 1.29 is 45.5 Å². The molecular weight excluding hydrogens is 652 g/mol. The van der Waals surface area contributed by atoms with E-state index < -0.39 is 77.5 Å². The molecule has 236 valence electrons. The highest BCUT2D eigenvalue weighted by molar-refractivity contribution is 8.54. The number of hydrogen-bond acceptors (Lipinski definition) is 17. The molecule has 0 spiro atoms. The van der Waals surface area contributed by atoms with E-state index in [-0.39, 0.29) is 34.0 Å². The Morgan fingerprint density at radius 1 is 0.886 bits per heavy atom. The van der Waals surface area contributed by atoms with E-state index in [4.69, 9.17) is 39.0 Å². The Kier molecular flexibility index (Phi) is 7.79. The molecule has 2 bridgehead atoms. The highest BCUT2D eigenvalue weighted by Gasteiger charge is 2.53. The summed E-state index contributed by atoms with van der Waals surface area (Å²) in [6.07, 6.45) is -5.89. The van der Waals surface area contributed by atoms with E-state index in [9.17, 15) is 9.13 Å². The third-order valence-electron chi connectivity index (χ3n) is 7.32. The minimum atomic E-state index is -4.18. The van der Waals surface area contributed by atoms with Gasteiger partial charge in [-0.1, -0.05) is 0 Å². The van der Waals surface area contributed by atoms with E-state index in [1.54, 1.807) is 0 Å². The summed E-state index contributed by atoms with van der Waals surface area (Å²) in [4.78, 5) is 24.3. The van der Waals surface area contributed by atoms with Crippen LogP contribution in [0, 0.1) is 0 Å². The predicted molar refractivity (Wildman–Crippen MR) is 149 cm³/mol. The Morgan fingerprint density at radius 3 is 2.14 bits per heavy atom. The molecule has 4 aromatic rings. The van der Waals surface area contributed by atoms with Crippen LogP contribution >= 0.6 is 26.4 Å². The van der Waals surface area contributed by atoms with Gasteiger partial charge in [-0.2, -0.15) is 0 Å². The van der Waals surface area contributed by atoms with Gasteiger partial charge in [0.25, 0.3) is 0 Å². The topological polar surface area (TPSA) is 229 Å². The fourth-order valence-corrected chi connectivity index (χ4v) is 8.23. The zero-order valence-electron chi connectivity index (χ0n) is 22.5. The molecule has 3 aliphatic rings. The number of nitrogen functional groups attached to an aromatic ring is 2. The maximum absolute atomic E-state index is 15.9. The molecule has 0 saturated carbocycles. The molecule has 0 aliphatic carbocycles. The number of halogens is 2. The van der Waals surface area contributed by atoms with Crippen LogP contribution in [0.3, 0.4) is 0 Å². The van der Waals surface area contributed by atoms with E-state index in [1.165, 1.54) is 40.7 Å². The SMILES string of the molecule is CS[P@]1(=O)OC[C@H]2O[C@@H](n3cnc4c(N)ncnc43)[C@H](F)[C@@H]2O[PH](=O)OC[C@H]2O[C@@H](n3cnc4c(N)ncnc43)[C@H](O1)[C@@H]2F. The fraction of sp³-hybridized carbons (Fsp3) is 0.524. The summed E-state index contributed by atoms with van der Waals surface area (Å²) < 4.78 is 95.2. The van der Waals surface area contributed by atoms with Crippen molar-refractivity contribution in [1.82, 2.24) is 39.0 Å². The van der Waals surface area contributed by atoms with Crippen LogP contribution in [0.5, 0.6) is 0 Å². The largest absolute Gasteiger partial charge is 0.389 e. The molecule has 3 saturated heterocycles. The van der Waals surface area contributed by atoms with E-state index in [1.807, 2.05) is 0 Å². The van der Waals surface area contributed by atoms with Crippen LogP contribution in [0.2, 0.25) is 0 Å². The number of nitrogens with two attached hydrogens (primary N) is 2. The van der Waals surface area contributed by atoms with Crippen LogP contribution in [0.1, 0.15) is 12.5 Å². The lowest BCUT2D eigenvalue weighted by molar-refractivity contribution is -0.0559. The van der Waals surface area contributed by atoms with Crippen LogP contribution in [0.4, 0.5) is 20.4 Å². The molecule has 0 aromatic carbocycles. The lowest BCUT2D eigenvalue weighted by Crippen LogP contribution is -2.33. The number of aromatic nitrogens is 8. The number of hydrogen-bond donors (Lipinski definition) is 2. The average molecular weight is 676 g/mol. The van der Waals surface area contributed by atoms with Gasteiger partial charge in [-0.3, -0.25) is 22.7 Å². The quantitative estimate of drug-likeness (QED) is 0.296. The molecule has 7 heterocycles. The molecule has 0 radical (unpaired) electrons. The van der Waals surface area contributed by atoms with Gasteiger partial charge in [0.1, 0.15) is 48.1 Å². The lowest BCUT2D eigenvalue weighted by atomic mass is 10.1. The van der Waals surface area contributed by atoms with Crippen molar-refractivity contribution in [2.45, 2.75) is 49.2 Å². The van der Waals surface area contributed by atoms with Crippen LogP contribution in [0.25, 0.3) is 22.3 Å². The number of imidazole rings is 2. The van der Waals surface area contributed by atoms with Crippen LogP contribution < -0.4 is 11.5 Å². The first-order valence-corrected chi connectivity index (χ1v) is 17.5. The summed E-state index contributed by atoms with van der Waals surface area (Å²) >= 11 is 0.682. The zero-order chi connectivity index (χ0) is 30.7. The smallest absolute Gasteiger partial charge is 0.382 e. The normalized spacial score (nSPS) is 36.6. The average Bonchev–Trinajstić information content (AvgIpc) is 3.77. The Morgan fingerprint density at radius 2 is 1.50 bits per heavy atom. The number of fused-ring (bicyclic) bond motifs is 5. The van der Waals surface area contributed by atoms with Crippen LogP contribution in [-0.2, 0) is 36.7 Å². The van der Waals surface area contributed by atoms with Gasteiger partial charge in [0.15, 0.2) is 47.7 Å². The predicted octanol–water partition coefficient (Wildman–Crippen LogP) is 1.98. The Balaban J connectivity index is 1.19. The summed E-state index contributed by atoms with van der Waals surface area (Å²) in [6.45, 7) is -5.32. The second kappa shape index (κ2) is 11.5. The zero-order valence-corrected chi connectivity index (χ0v) is 25.2. The molecule has 18 nitrogen and oxygen atoms in total. The first-order chi connectivity index (χ1) is 21.2. The summed E-state index contributed by atoms with van der Waals surface area (Å²) in [5, 5.41) is 0. The van der Waals surface area contributed by atoms with Gasteiger partial charge in [0.05, 0.1) is 25.9 Å². The van der Waals surface area contributed by atoms with E-state index in [2.05, 4.69) is 29.9 Å². The van der Waals surface area contributed by atoms with Gasteiger partial charge < -0.3 is 30.0 Å². The van der Waals surface area contributed by atoms with Gasteiger partial charge in [-0.05, 0) is 17.6 Å². The molecule has 1 unspecified atom stereocenters. The van der Waals surface area contributed by atoms with Crippen molar-refractivity contribution in [2.24, 2.45) is 0 Å². The van der Waals surface area contributed by atoms with Crippen LogP contribution in [-0.4, -0.2) is 95.3 Å². The van der Waals surface area contributed by atoms with Crippen molar-refractivity contribution >= 4 is 60.4 Å². The second-order valence-electron chi connectivity index (χ2n) is 9.82. The van der Waals surface area contributed by atoms with E-state index in [0.29, 0.717) is 11.4 Å². The third kappa shape index (κ3) is 5.05. The summed E-state index contributed by atoms with van der Waals surface area (Å²) in [5.74, 6) is 0.147. The fourth-order valence-electron chi connectivity index (χ4n) is 5.21. The molecule has 44 heavy (non-hydrogen) atoms. The van der Waals surface area contributed by atoms with Gasteiger partial charge in [-0.25, -0.2) is 43.2 Å². The van der Waals surface area contributed by atoms with Crippen molar-refractivity contribution in [3.05, 3.63) is 25.3 Å². The summed E-state index contributed by atoms with van der Waals surface area (Å²) in [7, 11) is -3.46. The maximum Gasteiger partial charge on any atom is 0.389 e. The van der Waals surface area contributed by atoms with Crippen LogP contribution in [0.15, 0.2) is 25.3 Å². The molecule has 10 atom stereocenters. The molecule has 23 heteroatoms. The lowest BCUT2D eigenvalue weighted by Gasteiger charge is -2.26. The number of alkyl halides is 2. The first kappa shape index (κ1) is 29.8. The molecule has 7 rings (SSSR count). The first-order valence-electron chi connectivity index (χ1n) is 12.9. The van der Waals surface area contributed by atoms with Crippen molar-refractivity contribution in [1.29, 1.82) is 0 Å². The number of ether oxygens (including phenoxy) is 2. The second-order valence-corrected chi connectivity index (χ2v) is 15.0. The standard InChI is InChI=1S/C21H24F2N10O8P2S/c1-44-43(35)37-3-9-14(11(23)20(39-9)32-6-30-12-16(24)26-4-28-18(12)32)40-42(34)36-2-8-10(22)15(41-43)21(38-8)33-7-31-13-17(25)27-5-29-19(13)33/h4-11,14-15,20-21,42H,2-3H2,1H3,(H2,24,26,28)(H2,25,27,29)/t8-,9-,10-,11-,14-,15-,20-,21-,43-/m1/s1. The molecule has 4 aromatic heterocycles. The number of nitrogens with zero attached hydrogens (tertiary/aromatic N) is 8. The van der Waals surface area contributed by atoms with E-state index >= 15 is 8.78 Å².